The van der Waals surface area contributed by atoms with E-state index in [1.165, 1.54) is 25.2 Å². The third kappa shape index (κ3) is 2.12. The number of rotatable bonds is 3. The molecule has 0 saturated carbocycles. The van der Waals surface area contributed by atoms with Gasteiger partial charge >= 0.3 is 11.7 Å². The lowest BCUT2D eigenvalue weighted by Gasteiger charge is -2.21. The van der Waals surface area contributed by atoms with Crippen LogP contribution in [-0.2, 0) is 10.3 Å². The van der Waals surface area contributed by atoms with Crippen LogP contribution in [0.2, 0.25) is 0 Å². The van der Waals surface area contributed by atoms with Gasteiger partial charge in [0.05, 0.1) is 5.39 Å². The van der Waals surface area contributed by atoms with E-state index in [0.29, 0.717) is 20.8 Å². The molecule has 3 aromatic rings. The molecule has 3 aromatic heterocycles. The highest BCUT2D eigenvalue weighted by Gasteiger charge is 2.34. The summed E-state index contributed by atoms with van der Waals surface area (Å²) in [6.45, 7) is 4.37. The second kappa shape index (κ2) is 4.92. The van der Waals surface area contributed by atoms with E-state index in [9.17, 15) is 19.5 Å². The Hall–Kier alpha value is -2.68. The summed E-state index contributed by atoms with van der Waals surface area (Å²) in [5.74, 6) is -1.26. The molecule has 0 aliphatic carbocycles. The van der Waals surface area contributed by atoms with Crippen molar-refractivity contribution in [3.8, 4) is 5.00 Å². The number of hydrogen-bond acceptors (Lipinski definition) is 5. The number of carbonyl (C=O) groups is 1. The molecule has 0 saturated heterocycles. The number of carboxylic acids is 1. The molecule has 0 aliphatic heterocycles. The van der Waals surface area contributed by atoms with E-state index in [4.69, 9.17) is 0 Å². The quantitative estimate of drug-likeness (QED) is 0.744. The van der Waals surface area contributed by atoms with Crippen LogP contribution in [0.1, 0.15) is 19.4 Å². The predicted molar refractivity (Wildman–Crippen MR) is 85.5 cm³/mol. The van der Waals surface area contributed by atoms with E-state index in [1.807, 2.05) is 0 Å². The van der Waals surface area contributed by atoms with Crippen molar-refractivity contribution in [3.05, 3.63) is 44.9 Å². The Labute approximate surface area is 133 Å². The van der Waals surface area contributed by atoms with Gasteiger partial charge in [-0.3, -0.25) is 9.78 Å². The number of aromatic nitrogens is 4. The zero-order valence-electron chi connectivity index (χ0n) is 12.7. The molecule has 3 rings (SSSR count). The second-order valence-corrected chi connectivity index (χ2v) is 6.62. The van der Waals surface area contributed by atoms with Gasteiger partial charge in [-0.15, -0.1) is 0 Å². The Morgan fingerprint density at radius 1 is 1.39 bits per heavy atom. The number of carboxylic acid groups (broad SMARTS) is 1. The van der Waals surface area contributed by atoms with Crippen LogP contribution in [-0.4, -0.2) is 30.4 Å². The van der Waals surface area contributed by atoms with E-state index in [2.05, 4.69) is 10.1 Å². The van der Waals surface area contributed by atoms with Crippen molar-refractivity contribution in [3.63, 3.8) is 0 Å². The Kier molecular flexibility index (Phi) is 3.25. The Morgan fingerprint density at radius 2 is 2.09 bits per heavy atom. The zero-order valence-corrected chi connectivity index (χ0v) is 13.5. The first-order valence-corrected chi connectivity index (χ1v) is 7.59. The monoisotopic (exact) mass is 334 g/mol. The summed E-state index contributed by atoms with van der Waals surface area (Å²) in [5.41, 5.74) is -2.38. The number of aliphatic carboxylic acids is 1. The van der Waals surface area contributed by atoms with E-state index in [-0.39, 0.29) is 0 Å². The third-order valence-corrected chi connectivity index (χ3v) is 4.95. The molecule has 23 heavy (non-hydrogen) atoms. The van der Waals surface area contributed by atoms with Gasteiger partial charge in [-0.1, -0.05) is 11.3 Å². The lowest BCUT2D eigenvalue weighted by atomic mass is 10.1. The van der Waals surface area contributed by atoms with Gasteiger partial charge in [0.25, 0.3) is 5.56 Å². The first-order valence-electron chi connectivity index (χ1n) is 6.77. The van der Waals surface area contributed by atoms with E-state index in [1.54, 1.807) is 30.1 Å². The summed E-state index contributed by atoms with van der Waals surface area (Å²) in [5, 5.41) is 14.4. The van der Waals surface area contributed by atoms with Crippen LogP contribution in [0.15, 0.2) is 28.0 Å². The van der Waals surface area contributed by atoms with Crippen LogP contribution in [0.5, 0.6) is 0 Å². The fraction of sp³-hybridized carbons (Fsp3) is 0.286. The number of hydrogen-bond donors (Lipinski definition) is 2. The minimum Gasteiger partial charge on any atom is -0.480 e. The highest BCUT2D eigenvalue weighted by Crippen LogP contribution is 2.29. The van der Waals surface area contributed by atoms with Gasteiger partial charge < -0.3 is 5.11 Å². The largest absolute Gasteiger partial charge is 0.480 e. The van der Waals surface area contributed by atoms with Crippen molar-refractivity contribution in [2.75, 3.05) is 0 Å². The maximum Gasteiger partial charge on any atom is 0.330 e. The summed E-state index contributed by atoms with van der Waals surface area (Å²) in [6, 6.07) is 1.75. The molecule has 120 valence electrons. The minimum atomic E-state index is -1.65. The average molecular weight is 334 g/mol. The average Bonchev–Trinajstić information content (AvgIpc) is 3.06. The van der Waals surface area contributed by atoms with Crippen molar-refractivity contribution in [2.45, 2.75) is 26.3 Å². The zero-order chi connectivity index (χ0) is 16.9. The minimum absolute atomic E-state index is 0.300. The summed E-state index contributed by atoms with van der Waals surface area (Å²) < 4.78 is 2.34. The molecule has 0 bridgehead atoms. The first-order chi connectivity index (χ1) is 10.7. The fourth-order valence-corrected chi connectivity index (χ4v) is 3.55. The summed E-state index contributed by atoms with van der Waals surface area (Å²) in [7, 11) is 0. The predicted octanol–water partition coefficient (Wildman–Crippen LogP) is 1.07. The first kappa shape index (κ1) is 15.2. The SMILES string of the molecule is Cc1c(-n2cccn2)sc2[nH]c(=O)n(C(C)(C)C(=O)O)c(=O)c12. The van der Waals surface area contributed by atoms with Crippen LogP contribution < -0.4 is 11.2 Å². The molecule has 0 fully saturated rings. The van der Waals surface area contributed by atoms with Crippen LogP contribution in [0.3, 0.4) is 0 Å². The molecule has 0 aromatic carbocycles. The number of fused-ring (bicyclic) bond motifs is 1. The smallest absolute Gasteiger partial charge is 0.330 e. The highest BCUT2D eigenvalue weighted by molar-refractivity contribution is 7.21. The molecule has 0 radical (unpaired) electrons. The van der Waals surface area contributed by atoms with E-state index in [0.717, 1.165) is 4.57 Å². The van der Waals surface area contributed by atoms with Crippen molar-refractivity contribution < 1.29 is 9.90 Å². The molecule has 0 unspecified atom stereocenters. The van der Waals surface area contributed by atoms with Gasteiger partial charge in [0, 0.05) is 18.0 Å². The van der Waals surface area contributed by atoms with Crippen molar-refractivity contribution in [1.29, 1.82) is 0 Å². The summed E-state index contributed by atoms with van der Waals surface area (Å²) in [4.78, 5) is 39.4. The van der Waals surface area contributed by atoms with Crippen LogP contribution in [0, 0.1) is 6.92 Å². The van der Waals surface area contributed by atoms with Crippen LogP contribution in [0.25, 0.3) is 15.2 Å². The van der Waals surface area contributed by atoms with E-state index >= 15 is 0 Å². The molecule has 2 N–H and O–H groups in total. The number of aromatic amines is 1. The molecule has 0 aliphatic rings. The van der Waals surface area contributed by atoms with Crippen molar-refractivity contribution >= 4 is 27.5 Å². The number of H-pyrrole nitrogens is 1. The molecular formula is C14H14N4O4S. The Morgan fingerprint density at radius 3 is 2.65 bits per heavy atom. The van der Waals surface area contributed by atoms with Crippen molar-refractivity contribution in [1.82, 2.24) is 19.3 Å². The summed E-state index contributed by atoms with van der Waals surface area (Å²) in [6.07, 6.45) is 3.34. The third-order valence-electron chi connectivity index (χ3n) is 3.76. The lowest BCUT2D eigenvalue weighted by molar-refractivity contribution is -0.146. The fourth-order valence-electron chi connectivity index (χ4n) is 2.41. The van der Waals surface area contributed by atoms with Gasteiger partial charge in [0.1, 0.15) is 15.4 Å². The molecule has 0 atom stereocenters. The number of thiophene rings is 1. The molecule has 3 heterocycles. The molecule has 0 spiro atoms. The van der Waals surface area contributed by atoms with Gasteiger partial charge in [0.15, 0.2) is 0 Å². The van der Waals surface area contributed by atoms with Crippen LogP contribution >= 0.6 is 11.3 Å². The van der Waals surface area contributed by atoms with E-state index < -0.39 is 22.8 Å². The molecule has 0 amide bonds. The van der Waals surface area contributed by atoms with Gasteiger partial charge in [-0.05, 0) is 26.8 Å². The topological polar surface area (TPSA) is 110 Å². The Balaban J connectivity index is 2.41. The molecular weight excluding hydrogens is 320 g/mol. The summed E-state index contributed by atoms with van der Waals surface area (Å²) >= 11 is 1.22. The maximum absolute atomic E-state index is 12.8. The number of nitrogens with one attached hydrogen (secondary N) is 1. The van der Waals surface area contributed by atoms with Gasteiger partial charge in [0.2, 0.25) is 0 Å². The van der Waals surface area contributed by atoms with Gasteiger partial charge in [-0.25, -0.2) is 18.8 Å². The van der Waals surface area contributed by atoms with Crippen molar-refractivity contribution in [2.24, 2.45) is 0 Å². The Bertz CT molecular complexity index is 1020. The van der Waals surface area contributed by atoms with Gasteiger partial charge in [-0.2, -0.15) is 5.10 Å². The molecule has 9 heteroatoms. The number of aryl methyl sites for hydroxylation is 1. The highest BCUT2D eigenvalue weighted by atomic mass is 32.1. The lowest BCUT2D eigenvalue weighted by Crippen LogP contribution is -2.50. The molecule has 8 nitrogen and oxygen atoms in total. The van der Waals surface area contributed by atoms with Crippen LogP contribution in [0.4, 0.5) is 0 Å². The number of nitrogens with zero attached hydrogens (tertiary/aromatic N) is 3. The normalized spacial score (nSPS) is 12.0. The standard InChI is InChI=1S/C14H14N4O4S/c1-7-8-9(23-11(7)17-6-4-5-15-17)16-13(22)18(10(8)19)14(2,3)12(20)21/h4-6H,1-3H3,(H,16,22)(H,20,21). The maximum atomic E-state index is 12.8. The second-order valence-electron chi connectivity index (χ2n) is 5.62.